The Labute approximate surface area is 118 Å². The molecule has 1 aliphatic carbocycles. The summed E-state index contributed by atoms with van der Waals surface area (Å²) < 4.78 is 22.2. The molecule has 0 spiro atoms. The minimum absolute atomic E-state index is 0.00448. The largest absolute Gasteiger partial charge is 0.477 e. The highest BCUT2D eigenvalue weighted by Crippen LogP contribution is 2.30. The van der Waals surface area contributed by atoms with Crippen LogP contribution in [0.2, 0.25) is 0 Å². The van der Waals surface area contributed by atoms with E-state index < -0.39 is 26.7 Å². The molecule has 106 valence electrons. The Kier molecular flexibility index (Phi) is 3.59. The zero-order chi connectivity index (χ0) is 14.9. The Morgan fingerprint density at radius 3 is 2.90 bits per heavy atom. The molecule has 1 aromatic rings. The van der Waals surface area contributed by atoms with Crippen molar-refractivity contribution >= 4 is 38.7 Å². The average Bonchev–Trinajstić information content (AvgIpc) is 2.71. The summed E-state index contributed by atoms with van der Waals surface area (Å²) in [7, 11) is -2.48. The number of H-pyrrole nitrogens is 1. The van der Waals surface area contributed by atoms with Gasteiger partial charge in [-0.1, -0.05) is 17.4 Å². The molecular formula is C10H9N3O5S2. The lowest BCUT2D eigenvalue weighted by molar-refractivity contribution is -0.128. The van der Waals surface area contributed by atoms with Crippen molar-refractivity contribution in [2.45, 2.75) is 12.5 Å². The van der Waals surface area contributed by atoms with Crippen LogP contribution in [0.15, 0.2) is 22.0 Å². The van der Waals surface area contributed by atoms with Crippen LogP contribution < -0.4 is 10.3 Å². The Hall–Kier alpha value is -2.20. The van der Waals surface area contributed by atoms with Crippen molar-refractivity contribution in [3.05, 3.63) is 32.4 Å². The molecule has 1 heterocycles. The van der Waals surface area contributed by atoms with Crippen LogP contribution >= 0.6 is 11.3 Å². The maximum atomic E-state index is 11.5. The summed E-state index contributed by atoms with van der Waals surface area (Å²) in [5, 5.41) is 12.0. The summed E-state index contributed by atoms with van der Waals surface area (Å²) in [6.07, 6.45) is 3.50. The molecule has 3 N–H and O–H groups in total. The number of aromatic amines is 1. The number of rotatable bonds is 3. The number of fused-ring (bicyclic) bond motifs is 1. The van der Waals surface area contributed by atoms with Gasteiger partial charge in [0.1, 0.15) is 16.6 Å². The van der Waals surface area contributed by atoms with E-state index >= 15 is 0 Å². The minimum atomic E-state index is -2.48. The van der Waals surface area contributed by atoms with Crippen LogP contribution in [0.4, 0.5) is 0 Å². The van der Waals surface area contributed by atoms with E-state index in [1.807, 2.05) is 0 Å². The zero-order valence-corrected chi connectivity index (χ0v) is 11.7. The van der Waals surface area contributed by atoms with Gasteiger partial charge in [-0.15, -0.1) is 0 Å². The zero-order valence-electron chi connectivity index (χ0n) is 10.1. The van der Waals surface area contributed by atoms with Gasteiger partial charge in [-0.3, -0.25) is 10.2 Å². The first kappa shape index (κ1) is 14.2. The van der Waals surface area contributed by atoms with Gasteiger partial charge in [0, 0.05) is 0 Å². The second-order valence-electron chi connectivity index (χ2n) is 4.06. The maximum Gasteiger partial charge on any atom is 0.348 e. The number of hydrogen-bond acceptors (Lipinski definition) is 7. The molecule has 0 fully saturated rings. The Balaban J connectivity index is 2.53. The molecule has 10 heteroatoms. The first-order chi connectivity index (χ1) is 9.33. The van der Waals surface area contributed by atoms with E-state index in [0.717, 1.165) is 11.3 Å². The number of hydrazone groups is 1. The third kappa shape index (κ3) is 2.56. The SMILES string of the molecule is CC1(NN=CC(=O)O)C=CC(=S(=O)=O)c2sc(=O)[nH]c21. The Bertz CT molecular complexity index is 806. The summed E-state index contributed by atoms with van der Waals surface area (Å²) in [5.41, 5.74) is 1.92. The number of allylic oxidation sites excluding steroid dienone is 1. The number of thiazole rings is 1. The second kappa shape index (κ2) is 5.06. The summed E-state index contributed by atoms with van der Waals surface area (Å²) >= 11 is 0.768. The fourth-order valence-corrected chi connectivity index (χ4v) is 3.35. The predicted molar refractivity (Wildman–Crippen MR) is 73.7 cm³/mol. The van der Waals surface area contributed by atoms with Crippen LogP contribution in [0.5, 0.6) is 0 Å². The molecule has 20 heavy (non-hydrogen) atoms. The highest BCUT2D eigenvalue weighted by Gasteiger charge is 2.34. The lowest BCUT2D eigenvalue weighted by Crippen LogP contribution is -2.38. The third-order valence-corrected chi connectivity index (χ3v) is 4.36. The molecule has 0 amide bonds. The fourth-order valence-electron chi connectivity index (χ4n) is 1.71. The monoisotopic (exact) mass is 315 g/mol. The lowest BCUT2D eigenvalue weighted by Gasteiger charge is -2.28. The van der Waals surface area contributed by atoms with E-state index in [1.54, 1.807) is 6.92 Å². The fraction of sp³-hybridized carbons (Fsp3) is 0.200. The molecule has 0 saturated heterocycles. The molecule has 0 radical (unpaired) electrons. The van der Waals surface area contributed by atoms with Crippen molar-refractivity contribution in [2.24, 2.45) is 5.10 Å². The van der Waals surface area contributed by atoms with Crippen LogP contribution in [0, 0.1) is 0 Å². The third-order valence-electron chi connectivity index (χ3n) is 2.61. The van der Waals surface area contributed by atoms with Crippen molar-refractivity contribution in [1.82, 2.24) is 10.4 Å². The molecule has 1 atom stereocenters. The summed E-state index contributed by atoms with van der Waals surface area (Å²) in [6.45, 7) is 1.63. The number of aliphatic carboxylic acids is 1. The lowest BCUT2D eigenvalue weighted by atomic mass is 9.92. The van der Waals surface area contributed by atoms with Crippen molar-refractivity contribution in [3.8, 4) is 0 Å². The molecule has 1 aliphatic rings. The van der Waals surface area contributed by atoms with E-state index in [0.29, 0.717) is 11.9 Å². The van der Waals surface area contributed by atoms with Crippen molar-refractivity contribution < 1.29 is 18.3 Å². The van der Waals surface area contributed by atoms with Crippen LogP contribution in [0.25, 0.3) is 0 Å². The number of carbonyl (C=O) groups is 1. The Morgan fingerprint density at radius 1 is 1.60 bits per heavy atom. The first-order valence-corrected chi connectivity index (χ1v) is 7.15. The standard InChI is InChI=1S/C10H9N3O5S2/c1-10(13-11-4-6(14)15)3-2-5(20(17)18)7-8(10)12-9(16)19-7/h2-4,13H,1H3,(H,12,16)(H,14,15). The van der Waals surface area contributed by atoms with Gasteiger partial charge < -0.3 is 10.1 Å². The summed E-state index contributed by atoms with van der Waals surface area (Å²) in [6, 6.07) is 0. The number of aromatic nitrogens is 1. The quantitative estimate of drug-likeness (QED) is 0.383. The molecule has 1 aromatic heterocycles. The van der Waals surface area contributed by atoms with E-state index in [1.165, 1.54) is 12.2 Å². The van der Waals surface area contributed by atoms with Gasteiger partial charge in [-0.25, -0.2) is 4.79 Å². The molecular weight excluding hydrogens is 306 g/mol. The van der Waals surface area contributed by atoms with E-state index in [2.05, 4.69) is 15.5 Å². The molecule has 0 saturated carbocycles. The van der Waals surface area contributed by atoms with Crippen molar-refractivity contribution in [1.29, 1.82) is 0 Å². The Morgan fingerprint density at radius 2 is 2.30 bits per heavy atom. The predicted octanol–water partition coefficient (Wildman–Crippen LogP) is -0.719. The summed E-state index contributed by atoms with van der Waals surface area (Å²) in [4.78, 5) is 24.3. The smallest absolute Gasteiger partial charge is 0.348 e. The number of carboxylic acids is 1. The highest BCUT2D eigenvalue weighted by atomic mass is 32.2. The van der Waals surface area contributed by atoms with Gasteiger partial charge in [-0.05, 0) is 13.0 Å². The molecule has 0 aromatic carbocycles. The van der Waals surface area contributed by atoms with E-state index in [-0.39, 0.29) is 9.74 Å². The van der Waals surface area contributed by atoms with Crippen LogP contribution in [0.3, 0.4) is 0 Å². The van der Waals surface area contributed by atoms with Gasteiger partial charge in [0.2, 0.25) is 10.3 Å². The number of carboxylic acid groups (broad SMARTS) is 1. The molecule has 0 bridgehead atoms. The second-order valence-corrected chi connectivity index (χ2v) is 5.95. The van der Waals surface area contributed by atoms with Crippen molar-refractivity contribution in [2.75, 3.05) is 0 Å². The number of nitrogens with zero attached hydrogens (tertiary/aromatic N) is 1. The summed E-state index contributed by atoms with van der Waals surface area (Å²) in [5.74, 6) is -1.23. The van der Waals surface area contributed by atoms with Crippen LogP contribution in [-0.4, -0.2) is 35.6 Å². The normalized spacial score (nSPS) is 20.9. The molecule has 0 aliphatic heterocycles. The molecule has 1 unspecified atom stereocenters. The van der Waals surface area contributed by atoms with Gasteiger partial charge in [0.25, 0.3) is 0 Å². The van der Waals surface area contributed by atoms with Crippen LogP contribution in [-0.2, 0) is 20.6 Å². The average molecular weight is 315 g/mol. The highest BCUT2D eigenvalue weighted by molar-refractivity contribution is 7.74. The number of hydrogen-bond donors (Lipinski definition) is 3. The number of nitrogens with one attached hydrogen (secondary N) is 2. The van der Waals surface area contributed by atoms with Gasteiger partial charge in [0.05, 0.1) is 10.6 Å². The molecule has 8 nitrogen and oxygen atoms in total. The van der Waals surface area contributed by atoms with Gasteiger partial charge >= 0.3 is 10.8 Å². The minimum Gasteiger partial charge on any atom is -0.477 e. The molecule has 2 rings (SSSR count). The van der Waals surface area contributed by atoms with Gasteiger partial charge in [-0.2, -0.15) is 13.5 Å². The maximum absolute atomic E-state index is 11.5. The van der Waals surface area contributed by atoms with Crippen molar-refractivity contribution in [3.63, 3.8) is 0 Å². The topological polar surface area (TPSA) is 129 Å². The van der Waals surface area contributed by atoms with E-state index in [4.69, 9.17) is 5.11 Å². The van der Waals surface area contributed by atoms with Crippen LogP contribution in [0.1, 0.15) is 17.5 Å². The van der Waals surface area contributed by atoms with E-state index in [9.17, 15) is 18.0 Å². The van der Waals surface area contributed by atoms with Gasteiger partial charge in [0.15, 0.2) is 0 Å². The first-order valence-electron chi connectivity index (χ1n) is 5.26.